The lowest BCUT2D eigenvalue weighted by atomic mass is 10.1. The second kappa shape index (κ2) is 2.07. The van der Waals surface area contributed by atoms with Crippen LogP contribution in [0.4, 0.5) is 0 Å². The Balaban J connectivity index is 2.59. The number of hydrogen-bond donors (Lipinski definition) is 0. The van der Waals surface area contributed by atoms with E-state index in [4.69, 9.17) is 4.42 Å². The second-order valence-electron chi connectivity index (χ2n) is 3.33. The van der Waals surface area contributed by atoms with Crippen LogP contribution in [0.3, 0.4) is 0 Å². The van der Waals surface area contributed by atoms with Crippen molar-refractivity contribution < 1.29 is 4.42 Å². The van der Waals surface area contributed by atoms with Crippen molar-refractivity contribution in [3.8, 4) is 0 Å². The Morgan fingerprint density at radius 3 is 3.14 bits per heavy atom. The third-order valence-electron chi connectivity index (χ3n) is 2.57. The van der Waals surface area contributed by atoms with Gasteiger partial charge in [-0.3, -0.25) is 0 Å². The Bertz CT molecular complexity index is 732. The monoisotopic (exact) mass is 199 g/mol. The Morgan fingerprint density at radius 2 is 2.14 bits per heavy atom. The summed E-state index contributed by atoms with van der Waals surface area (Å²) >= 11 is 1.68. The fourth-order valence-electron chi connectivity index (χ4n) is 1.95. The van der Waals surface area contributed by atoms with Gasteiger partial charge in [0, 0.05) is 10.8 Å². The summed E-state index contributed by atoms with van der Waals surface area (Å²) in [5, 5.41) is 4.53. The quantitative estimate of drug-likeness (QED) is 0.432. The standard InChI is InChI=1S/C11H5NOS/c1-2-6-7-4-5-14-10(7)11-12-9(6)8(3-1)13-11/h1-5H. The minimum Gasteiger partial charge on any atom is -0.435 e. The first-order valence-corrected chi connectivity index (χ1v) is 5.29. The smallest absolute Gasteiger partial charge is 0.238 e. The van der Waals surface area contributed by atoms with Crippen LogP contribution in [0.15, 0.2) is 34.1 Å². The van der Waals surface area contributed by atoms with E-state index >= 15 is 0 Å². The molecule has 1 aromatic carbocycles. The molecule has 0 fully saturated rings. The topological polar surface area (TPSA) is 26.0 Å². The molecule has 0 saturated heterocycles. The van der Waals surface area contributed by atoms with Crippen LogP contribution in [0.1, 0.15) is 0 Å². The van der Waals surface area contributed by atoms with Crippen LogP contribution in [0.25, 0.3) is 32.3 Å². The SMILES string of the molecule is c1cc2oc3nc2c(c1)c1ccsc31. The van der Waals surface area contributed by atoms with E-state index in [9.17, 15) is 0 Å². The van der Waals surface area contributed by atoms with E-state index < -0.39 is 0 Å². The lowest BCUT2D eigenvalue weighted by molar-refractivity contribution is 0.664. The second-order valence-corrected chi connectivity index (χ2v) is 4.25. The van der Waals surface area contributed by atoms with Gasteiger partial charge in [0.1, 0.15) is 5.52 Å². The number of nitrogens with zero attached hydrogens (tertiary/aromatic N) is 1. The summed E-state index contributed by atoms with van der Waals surface area (Å²) in [7, 11) is 0. The molecule has 0 unspecified atom stereocenters. The van der Waals surface area contributed by atoms with Gasteiger partial charge in [-0.15, -0.1) is 11.3 Å². The van der Waals surface area contributed by atoms with Crippen LogP contribution in [0, 0.1) is 0 Å². The summed E-state index contributed by atoms with van der Waals surface area (Å²) in [6, 6.07) is 8.20. The van der Waals surface area contributed by atoms with E-state index in [2.05, 4.69) is 22.5 Å². The molecule has 3 heteroatoms. The molecule has 0 N–H and O–H groups in total. The van der Waals surface area contributed by atoms with Gasteiger partial charge in [0.25, 0.3) is 0 Å². The molecule has 0 aliphatic heterocycles. The van der Waals surface area contributed by atoms with Crippen LogP contribution >= 0.6 is 11.3 Å². The molecular formula is C11H5NOS. The van der Waals surface area contributed by atoms with E-state index in [-0.39, 0.29) is 0 Å². The average molecular weight is 199 g/mol. The van der Waals surface area contributed by atoms with E-state index in [1.807, 2.05) is 12.1 Å². The zero-order valence-corrected chi connectivity index (χ0v) is 7.97. The van der Waals surface area contributed by atoms with Crippen LogP contribution in [-0.2, 0) is 0 Å². The maximum atomic E-state index is 5.65. The lowest BCUT2D eigenvalue weighted by Crippen LogP contribution is -1.74. The molecule has 14 heavy (non-hydrogen) atoms. The van der Waals surface area contributed by atoms with E-state index in [1.165, 1.54) is 10.8 Å². The van der Waals surface area contributed by atoms with Crippen LogP contribution in [0.2, 0.25) is 0 Å². The molecule has 4 aromatic rings. The number of para-hydroxylation sites is 1. The first kappa shape index (κ1) is 6.79. The first-order valence-electron chi connectivity index (χ1n) is 4.41. The van der Waals surface area contributed by atoms with E-state index in [1.54, 1.807) is 11.3 Å². The first-order chi connectivity index (χ1) is 6.93. The number of fused-ring (bicyclic) bond motifs is 4. The van der Waals surface area contributed by atoms with Crippen molar-refractivity contribution in [2.24, 2.45) is 0 Å². The number of benzene rings is 1. The third kappa shape index (κ3) is 0.622. The fraction of sp³-hybridized carbons (Fsp3) is 0. The van der Waals surface area contributed by atoms with E-state index in [0.29, 0.717) is 0 Å². The van der Waals surface area contributed by atoms with Gasteiger partial charge in [0.2, 0.25) is 5.71 Å². The van der Waals surface area contributed by atoms with Crippen molar-refractivity contribution in [3.05, 3.63) is 29.6 Å². The molecule has 4 rings (SSSR count). The third-order valence-corrected chi connectivity index (χ3v) is 3.47. The number of oxazole rings is 1. The van der Waals surface area contributed by atoms with Gasteiger partial charge in [-0.2, -0.15) is 0 Å². The normalized spacial score (nSPS) is 12.3. The summed E-state index contributed by atoms with van der Waals surface area (Å²) in [6.07, 6.45) is 0. The molecule has 3 aromatic heterocycles. The highest BCUT2D eigenvalue weighted by Crippen LogP contribution is 2.35. The lowest BCUT2D eigenvalue weighted by Gasteiger charge is -1.92. The number of aromatic nitrogens is 1. The van der Waals surface area contributed by atoms with Gasteiger partial charge in [-0.1, -0.05) is 12.1 Å². The minimum atomic E-state index is 0.767. The predicted molar refractivity (Wildman–Crippen MR) is 58.1 cm³/mol. The van der Waals surface area contributed by atoms with Gasteiger partial charge >= 0.3 is 0 Å². The molecular weight excluding hydrogens is 194 g/mol. The van der Waals surface area contributed by atoms with Gasteiger partial charge in [0.05, 0.1) is 4.70 Å². The molecule has 0 spiro atoms. The van der Waals surface area contributed by atoms with Crippen molar-refractivity contribution in [2.45, 2.75) is 0 Å². The van der Waals surface area contributed by atoms with Crippen molar-refractivity contribution in [2.75, 3.05) is 0 Å². The van der Waals surface area contributed by atoms with Gasteiger partial charge in [-0.25, -0.2) is 4.98 Å². The molecule has 66 valence electrons. The zero-order chi connectivity index (χ0) is 9.12. The Labute approximate surface area is 83.1 Å². The van der Waals surface area contributed by atoms with Crippen molar-refractivity contribution >= 4 is 43.6 Å². The molecule has 0 aliphatic rings. The van der Waals surface area contributed by atoms with Crippen LogP contribution in [0.5, 0.6) is 0 Å². The maximum Gasteiger partial charge on any atom is 0.238 e. The van der Waals surface area contributed by atoms with Crippen LogP contribution in [-0.4, -0.2) is 4.98 Å². The van der Waals surface area contributed by atoms with Crippen LogP contribution < -0.4 is 0 Å². The van der Waals surface area contributed by atoms with Gasteiger partial charge in [0.15, 0.2) is 5.58 Å². The number of hydrogen-bond acceptors (Lipinski definition) is 3. The van der Waals surface area contributed by atoms with Crippen molar-refractivity contribution in [1.29, 1.82) is 0 Å². The van der Waals surface area contributed by atoms with Crippen molar-refractivity contribution in [1.82, 2.24) is 4.98 Å². The molecule has 0 amide bonds. The van der Waals surface area contributed by atoms with Crippen molar-refractivity contribution in [3.63, 3.8) is 0 Å². The maximum absolute atomic E-state index is 5.65. The predicted octanol–water partition coefficient (Wildman–Crippen LogP) is 3.63. The average Bonchev–Trinajstić information content (AvgIpc) is 2.83. The summed E-state index contributed by atoms with van der Waals surface area (Å²) in [6.45, 7) is 0. The molecule has 0 saturated carbocycles. The molecule has 2 bridgehead atoms. The molecule has 0 aliphatic carbocycles. The summed E-state index contributed by atoms with van der Waals surface area (Å²) < 4.78 is 6.80. The fourth-order valence-corrected chi connectivity index (χ4v) is 2.78. The molecule has 3 heterocycles. The number of thiophene rings is 1. The Kier molecular flexibility index (Phi) is 1.00. The summed E-state index contributed by atoms with van der Waals surface area (Å²) in [5.74, 6) is 0. The highest BCUT2D eigenvalue weighted by atomic mass is 32.1. The van der Waals surface area contributed by atoms with Gasteiger partial charge in [-0.05, 0) is 17.5 Å². The zero-order valence-electron chi connectivity index (χ0n) is 7.15. The molecule has 0 atom stereocenters. The number of pyridine rings is 1. The highest BCUT2D eigenvalue weighted by Gasteiger charge is 2.13. The Hall–Kier alpha value is -1.61. The minimum absolute atomic E-state index is 0.767. The highest BCUT2D eigenvalue weighted by molar-refractivity contribution is 7.18. The van der Waals surface area contributed by atoms with Gasteiger partial charge < -0.3 is 4.42 Å². The number of rotatable bonds is 0. The summed E-state index contributed by atoms with van der Waals surface area (Å²) in [4.78, 5) is 4.46. The molecule has 2 nitrogen and oxygen atoms in total. The molecule has 0 radical (unpaired) electrons. The van der Waals surface area contributed by atoms with E-state index in [0.717, 1.165) is 21.5 Å². The largest absolute Gasteiger partial charge is 0.435 e. The Morgan fingerprint density at radius 1 is 1.14 bits per heavy atom. The summed E-state index contributed by atoms with van der Waals surface area (Å²) in [5.41, 5.74) is 2.65.